The molecule has 2 aromatic heterocycles. The summed E-state index contributed by atoms with van der Waals surface area (Å²) in [4.78, 5) is 23.9. The fourth-order valence-corrected chi connectivity index (χ4v) is 4.28. The number of rotatable bonds is 7. The zero-order chi connectivity index (χ0) is 21.5. The zero-order valence-electron chi connectivity index (χ0n) is 18.5. The van der Waals surface area contributed by atoms with Crippen LogP contribution in [-0.4, -0.2) is 100 Å². The summed E-state index contributed by atoms with van der Waals surface area (Å²) < 4.78 is 2.04. The maximum atomic E-state index is 12.4. The van der Waals surface area contributed by atoms with Gasteiger partial charge >= 0.3 is 0 Å². The molecule has 0 unspecified atom stereocenters. The first-order valence-corrected chi connectivity index (χ1v) is 11.6. The zero-order valence-corrected chi connectivity index (χ0v) is 18.5. The summed E-state index contributed by atoms with van der Waals surface area (Å²) in [7, 11) is 0. The van der Waals surface area contributed by atoms with Gasteiger partial charge in [-0.3, -0.25) is 19.1 Å². The van der Waals surface area contributed by atoms with Gasteiger partial charge in [-0.05, 0) is 38.3 Å². The van der Waals surface area contributed by atoms with Crippen LogP contribution < -0.4 is 5.32 Å². The summed E-state index contributed by atoms with van der Waals surface area (Å²) >= 11 is 0. The third-order valence-corrected chi connectivity index (χ3v) is 6.03. The van der Waals surface area contributed by atoms with Crippen molar-refractivity contribution >= 4 is 17.5 Å². The molecular formula is C22H34N8O. The van der Waals surface area contributed by atoms with Gasteiger partial charge in [-0.15, -0.1) is 10.2 Å². The lowest BCUT2D eigenvalue weighted by Gasteiger charge is -2.36. The highest BCUT2D eigenvalue weighted by Crippen LogP contribution is 2.10. The summed E-state index contributed by atoms with van der Waals surface area (Å²) in [5, 5.41) is 11.9. The second-order valence-electron chi connectivity index (χ2n) is 8.24. The Labute approximate surface area is 184 Å². The van der Waals surface area contributed by atoms with Gasteiger partial charge in [0.05, 0.1) is 6.54 Å². The fraction of sp³-hybridized carbons (Fsp3) is 0.636. The molecule has 4 heterocycles. The van der Waals surface area contributed by atoms with Crippen LogP contribution in [0.2, 0.25) is 0 Å². The van der Waals surface area contributed by atoms with Crippen molar-refractivity contribution in [3.05, 3.63) is 30.2 Å². The third-order valence-electron chi connectivity index (χ3n) is 6.03. The van der Waals surface area contributed by atoms with Gasteiger partial charge in [0.1, 0.15) is 5.82 Å². The molecule has 0 aliphatic carbocycles. The molecular weight excluding hydrogens is 392 g/mol. The lowest BCUT2D eigenvalue weighted by atomic mass is 10.3. The Kier molecular flexibility index (Phi) is 7.35. The molecule has 2 aliphatic rings. The van der Waals surface area contributed by atoms with Crippen LogP contribution in [0.25, 0.3) is 5.65 Å². The van der Waals surface area contributed by atoms with E-state index >= 15 is 0 Å². The smallest absolute Gasteiger partial charge is 0.236 e. The van der Waals surface area contributed by atoms with Crippen molar-refractivity contribution < 1.29 is 4.79 Å². The number of aliphatic imine (C=N–C) groups is 1. The quantitative estimate of drug-likeness (QED) is 0.402. The molecule has 9 nitrogen and oxygen atoms in total. The van der Waals surface area contributed by atoms with E-state index < -0.39 is 0 Å². The minimum Gasteiger partial charge on any atom is -0.357 e. The highest BCUT2D eigenvalue weighted by molar-refractivity contribution is 5.80. The minimum atomic E-state index is 0.285. The number of nitrogens with one attached hydrogen (secondary N) is 1. The normalized spacial score (nSPS) is 18.2. The van der Waals surface area contributed by atoms with Crippen LogP contribution in [0.1, 0.15) is 32.0 Å². The number of aromatic nitrogens is 3. The van der Waals surface area contributed by atoms with Crippen LogP contribution in [0.4, 0.5) is 0 Å². The number of fused-ring (bicyclic) bond motifs is 1. The van der Waals surface area contributed by atoms with E-state index in [0.717, 1.165) is 95.5 Å². The highest BCUT2D eigenvalue weighted by Gasteiger charge is 2.24. The van der Waals surface area contributed by atoms with Gasteiger partial charge < -0.3 is 15.1 Å². The van der Waals surface area contributed by atoms with E-state index in [-0.39, 0.29) is 5.91 Å². The van der Waals surface area contributed by atoms with Crippen molar-refractivity contribution in [2.45, 2.75) is 32.6 Å². The van der Waals surface area contributed by atoms with Crippen LogP contribution in [-0.2, 0) is 11.2 Å². The number of carbonyl (C=O) groups is 1. The van der Waals surface area contributed by atoms with Gasteiger partial charge in [-0.2, -0.15) is 0 Å². The Bertz CT molecular complexity index is 881. The second kappa shape index (κ2) is 10.6. The number of pyridine rings is 1. The van der Waals surface area contributed by atoms with Crippen LogP contribution in [0, 0.1) is 0 Å². The van der Waals surface area contributed by atoms with Crippen LogP contribution >= 0.6 is 0 Å². The predicted molar refractivity (Wildman–Crippen MR) is 121 cm³/mol. The van der Waals surface area contributed by atoms with E-state index in [1.165, 1.54) is 0 Å². The number of likely N-dealkylation sites (tertiary alicyclic amines) is 1. The first-order valence-electron chi connectivity index (χ1n) is 11.6. The molecule has 31 heavy (non-hydrogen) atoms. The predicted octanol–water partition coefficient (Wildman–Crippen LogP) is 0.867. The topological polar surface area (TPSA) is 81.4 Å². The summed E-state index contributed by atoms with van der Waals surface area (Å²) in [6, 6.07) is 5.94. The van der Waals surface area contributed by atoms with Crippen LogP contribution in [0.15, 0.2) is 29.4 Å². The molecule has 1 amide bonds. The third kappa shape index (κ3) is 5.52. The standard InChI is InChI=1S/C22H34N8O/c1-2-23-22(24-10-7-9-20-26-25-19-8-3-4-13-30(19)20)29-16-14-27(15-17-29)18-21(31)28-11-5-6-12-28/h3-4,8,13H,2,5-7,9-12,14-18H2,1H3,(H,23,24). The summed E-state index contributed by atoms with van der Waals surface area (Å²) in [5.41, 5.74) is 0.885. The molecule has 0 spiro atoms. The number of amides is 1. The maximum Gasteiger partial charge on any atom is 0.236 e. The van der Waals surface area contributed by atoms with Crippen molar-refractivity contribution in [1.82, 2.24) is 34.6 Å². The van der Waals surface area contributed by atoms with Crippen molar-refractivity contribution in [2.24, 2.45) is 4.99 Å². The van der Waals surface area contributed by atoms with Crippen molar-refractivity contribution in [1.29, 1.82) is 0 Å². The molecule has 0 saturated carbocycles. The van der Waals surface area contributed by atoms with Gasteiger partial charge in [-0.1, -0.05) is 6.07 Å². The van der Waals surface area contributed by atoms with E-state index in [9.17, 15) is 4.79 Å². The number of nitrogens with zero attached hydrogens (tertiary/aromatic N) is 7. The Hall–Kier alpha value is -2.68. The number of aryl methyl sites for hydroxylation is 1. The van der Waals surface area contributed by atoms with E-state index in [4.69, 9.17) is 4.99 Å². The first kappa shape index (κ1) is 21.5. The molecule has 2 aliphatic heterocycles. The van der Waals surface area contributed by atoms with E-state index in [2.05, 4.69) is 32.2 Å². The van der Waals surface area contributed by atoms with Crippen molar-refractivity contribution in [3.8, 4) is 0 Å². The SMILES string of the molecule is CCNC(=NCCCc1nnc2ccccn12)N1CCN(CC(=O)N2CCCC2)CC1. The van der Waals surface area contributed by atoms with Gasteiger partial charge in [0, 0.05) is 65.0 Å². The molecule has 168 valence electrons. The highest BCUT2D eigenvalue weighted by atomic mass is 16.2. The molecule has 0 bridgehead atoms. The second-order valence-corrected chi connectivity index (χ2v) is 8.24. The number of carbonyl (C=O) groups excluding carboxylic acids is 1. The largest absolute Gasteiger partial charge is 0.357 e. The van der Waals surface area contributed by atoms with Crippen LogP contribution in [0.5, 0.6) is 0 Å². The Morgan fingerprint density at radius 3 is 2.65 bits per heavy atom. The molecule has 2 saturated heterocycles. The van der Waals surface area contributed by atoms with E-state index in [1.807, 2.05) is 33.7 Å². The van der Waals surface area contributed by atoms with E-state index in [1.54, 1.807) is 0 Å². The molecule has 2 aromatic rings. The summed E-state index contributed by atoms with van der Waals surface area (Å²) in [5.74, 6) is 2.23. The number of piperazine rings is 1. The average Bonchev–Trinajstić information content (AvgIpc) is 3.47. The van der Waals surface area contributed by atoms with Crippen LogP contribution in [0.3, 0.4) is 0 Å². The number of hydrogen-bond donors (Lipinski definition) is 1. The van der Waals surface area contributed by atoms with Gasteiger partial charge in [0.15, 0.2) is 11.6 Å². The monoisotopic (exact) mass is 426 g/mol. The first-order chi connectivity index (χ1) is 15.2. The molecule has 0 atom stereocenters. The average molecular weight is 427 g/mol. The Morgan fingerprint density at radius 2 is 1.87 bits per heavy atom. The fourth-order valence-electron chi connectivity index (χ4n) is 4.28. The molecule has 0 radical (unpaired) electrons. The molecule has 2 fully saturated rings. The molecule has 1 N–H and O–H groups in total. The van der Waals surface area contributed by atoms with Gasteiger partial charge in [0.25, 0.3) is 0 Å². The number of guanidine groups is 1. The van der Waals surface area contributed by atoms with E-state index in [0.29, 0.717) is 6.54 Å². The Balaban J connectivity index is 1.24. The number of hydrogen-bond acceptors (Lipinski definition) is 5. The molecule has 4 rings (SSSR count). The van der Waals surface area contributed by atoms with Gasteiger partial charge in [0.2, 0.25) is 5.91 Å². The van der Waals surface area contributed by atoms with Gasteiger partial charge in [-0.25, -0.2) is 0 Å². The summed E-state index contributed by atoms with van der Waals surface area (Å²) in [6.45, 7) is 9.70. The molecule has 9 heteroatoms. The lowest BCUT2D eigenvalue weighted by molar-refractivity contribution is -0.131. The molecule has 0 aromatic carbocycles. The lowest BCUT2D eigenvalue weighted by Crippen LogP contribution is -2.54. The van der Waals surface area contributed by atoms with Crippen molar-refractivity contribution in [2.75, 3.05) is 58.9 Å². The minimum absolute atomic E-state index is 0.285. The Morgan fingerprint density at radius 1 is 1.06 bits per heavy atom. The van der Waals surface area contributed by atoms with Crippen molar-refractivity contribution in [3.63, 3.8) is 0 Å². The maximum absolute atomic E-state index is 12.4. The summed E-state index contributed by atoms with van der Waals surface area (Å²) in [6.07, 6.45) is 6.08.